The third-order valence-electron chi connectivity index (χ3n) is 6.96. The van der Waals surface area contributed by atoms with Gasteiger partial charge < -0.3 is 15.0 Å². The van der Waals surface area contributed by atoms with Crippen LogP contribution < -0.4 is 14.4 Å². The molecule has 2 amide bonds. The summed E-state index contributed by atoms with van der Waals surface area (Å²) >= 11 is 0. The Balaban J connectivity index is 2.02. The van der Waals surface area contributed by atoms with Gasteiger partial charge in [-0.25, -0.2) is 8.42 Å². The number of carbonyl (C=O) groups is 2. The molecule has 0 aliphatic carbocycles. The number of benzene rings is 3. The van der Waals surface area contributed by atoms with Gasteiger partial charge in [-0.15, -0.1) is 0 Å². The molecule has 0 bridgehead atoms. The quantitative estimate of drug-likeness (QED) is 0.298. The van der Waals surface area contributed by atoms with Gasteiger partial charge in [-0.2, -0.15) is 0 Å². The Labute approximate surface area is 244 Å². The monoisotopic (exact) mass is 579 g/mol. The van der Waals surface area contributed by atoms with Crippen LogP contribution in [0.4, 0.5) is 5.69 Å². The van der Waals surface area contributed by atoms with Gasteiger partial charge in [-0.1, -0.05) is 62.7 Å². The zero-order valence-electron chi connectivity index (χ0n) is 24.8. The number of hydrogen-bond donors (Lipinski definition) is 1. The van der Waals surface area contributed by atoms with Crippen molar-refractivity contribution in [1.29, 1.82) is 0 Å². The lowest BCUT2D eigenvalue weighted by atomic mass is 10.0. The highest BCUT2D eigenvalue weighted by molar-refractivity contribution is 7.92. The van der Waals surface area contributed by atoms with Crippen molar-refractivity contribution in [2.45, 2.75) is 64.4 Å². The smallest absolute Gasteiger partial charge is 0.264 e. The SMILES string of the molecule is CCCNC(=O)[C@H](C)N(Cc1ccc(OC)cc1)C(=O)CN(c1ccc(C(C)C)cc1)S(=O)(=O)c1ccc(C)cc1. The van der Waals surface area contributed by atoms with Gasteiger partial charge in [0.15, 0.2) is 0 Å². The van der Waals surface area contributed by atoms with Crippen LogP contribution in [0.1, 0.15) is 56.7 Å². The van der Waals surface area contributed by atoms with Crippen LogP contribution in [-0.4, -0.2) is 51.4 Å². The summed E-state index contributed by atoms with van der Waals surface area (Å²) in [7, 11) is -2.53. The number of methoxy groups -OCH3 is 1. The molecule has 0 aliphatic rings. The maximum absolute atomic E-state index is 14.0. The Morgan fingerprint density at radius 3 is 2.05 bits per heavy atom. The normalized spacial score (nSPS) is 12.1. The fourth-order valence-corrected chi connectivity index (χ4v) is 5.71. The summed E-state index contributed by atoms with van der Waals surface area (Å²) in [4.78, 5) is 28.5. The maximum Gasteiger partial charge on any atom is 0.264 e. The molecule has 3 aromatic rings. The highest BCUT2D eigenvalue weighted by Crippen LogP contribution is 2.27. The van der Waals surface area contributed by atoms with Crippen molar-refractivity contribution in [2.24, 2.45) is 0 Å². The van der Waals surface area contributed by atoms with E-state index in [4.69, 9.17) is 4.74 Å². The first kappa shape index (κ1) is 31.7. The molecule has 0 aromatic heterocycles. The number of rotatable bonds is 13. The van der Waals surface area contributed by atoms with Crippen molar-refractivity contribution < 1.29 is 22.7 Å². The number of amides is 2. The van der Waals surface area contributed by atoms with Crippen LogP contribution in [0.15, 0.2) is 77.7 Å². The van der Waals surface area contributed by atoms with E-state index in [2.05, 4.69) is 19.2 Å². The van der Waals surface area contributed by atoms with Gasteiger partial charge in [-0.05, 0) is 73.7 Å². The number of aryl methyl sites for hydroxylation is 1. The first-order valence-electron chi connectivity index (χ1n) is 13.9. The first-order valence-corrected chi connectivity index (χ1v) is 15.3. The van der Waals surface area contributed by atoms with E-state index in [1.807, 2.05) is 38.1 Å². The lowest BCUT2D eigenvalue weighted by Gasteiger charge is -2.32. The number of nitrogens with one attached hydrogen (secondary N) is 1. The summed E-state index contributed by atoms with van der Waals surface area (Å²) in [6, 6.07) is 20.1. The summed E-state index contributed by atoms with van der Waals surface area (Å²) in [6.07, 6.45) is 0.750. The molecule has 9 heteroatoms. The van der Waals surface area contributed by atoms with Crippen molar-refractivity contribution in [3.05, 3.63) is 89.5 Å². The number of anilines is 1. The molecule has 0 spiro atoms. The summed E-state index contributed by atoms with van der Waals surface area (Å²) in [5, 5.41) is 2.85. The second-order valence-corrected chi connectivity index (χ2v) is 12.3. The summed E-state index contributed by atoms with van der Waals surface area (Å²) < 4.78 is 34.3. The average Bonchev–Trinajstić information content (AvgIpc) is 2.97. The fraction of sp³-hybridized carbons (Fsp3) is 0.375. The van der Waals surface area contributed by atoms with E-state index in [1.165, 1.54) is 4.90 Å². The van der Waals surface area contributed by atoms with Crippen molar-refractivity contribution in [2.75, 3.05) is 24.5 Å². The largest absolute Gasteiger partial charge is 0.497 e. The number of sulfonamides is 1. The molecule has 0 aliphatic heterocycles. The Morgan fingerprint density at radius 2 is 1.51 bits per heavy atom. The van der Waals surface area contributed by atoms with Crippen LogP contribution in [0.25, 0.3) is 0 Å². The molecule has 41 heavy (non-hydrogen) atoms. The van der Waals surface area contributed by atoms with Crippen molar-refractivity contribution >= 4 is 27.5 Å². The van der Waals surface area contributed by atoms with Gasteiger partial charge in [0.1, 0.15) is 18.3 Å². The summed E-state index contributed by atoms with van der Waals surface area (Å²) in [5.74, 6) is 0.127. The maximum atomic E-state index is 14.0. The third-order valence-corrected chi connectivity index (χ3v) is 8.75. The van der Waals surface area contributed by atoms with Crippen molar-refractivity contribution in [3.8, 4) is 5.75 Å². The Hall–Kier alpha value is -3.85. The molecule has 0 fully saturated rings. The molecule has 0 heterocycles. The molecule has 0 radical (unpaired) electrons. The second kappa shape index (κ2) is 14.2. The van der Waals surface area contributed by atoms with Gasteiger partial charge in [0.05, 0.1) is 17.7 Å². The predicted octanol–water partition coefficient (Wildman–Crippen LogP) is 5.27. The molecule has 3 rings (SSSR count). The Bertz CT molecular complexity index is 1400. The number of carbonyl (C=O) groups excluding carboxylic acids is 2. The van der Waals surface area contributed by atoms with Crippen LogP contribution in [-0.2, 0) is 26.2 Å². The van der Waals surface area contributed by atoms with Crippen LogP contribution in [0.2, 0.25) is 0 Å². The Morgan fingerprint density at radius 1 is 0.902 bits per heavy atom. The topological polar surface area (TPSA) is 96.0 Å². The van der Waals surface area contributed by atoms with E-state index in [-0.39, 0.29) is 23.3 Å². The number of hydrogen-bond acceptors (Lipinski definition) is 5. The number of nitrogens with zero attached hydrogens (tertiary/aromatic N) is 2. The third kappa shape index (κ3) is 8.10. The lowest BCUT2D eigenvalue weighted by Crippen LogP contribution is -2.51. The van der Waals surface area contributed by atoms with Gasteiger partial charge in [0.2, 0.25) is 11.8 Å². The number of ether oxygens (including phenoxy) is 1. The lowest BCUT2D eigenvalue weighted by molar-refractivity contribution is -0.139. The summed E-state index contributed by atoms with van der Waals surface area (Å²) in [6.45, 7) is 9.72. The zero-order chi connectivity index (χ0) is 30.2. The van der Waals surface area contributed by atoms with Crippen LogP contribution in [0.5, 0.6) is 5.75 Å². The fourth-order valence-electron chi connectivity index (χ4n) is 4.30. The van der Waals surface area contributed by atoms with Gasteiger partial charge >= 0.3 is 0 Å². The van der Waals surface area contributed by atoms with Crippen LogP contribution >= 0.6 is 0 Å². The van der Waals surface area contributed by atoms with Crippen molar-refractivity contribution in [1.82, 2.24) is 10.2 Å². The van der Waals surface area contributed by atoms with Gasteiger partial charge in [-0.3, -0.25) is 13.9 Å². The highest BCUT2D eigenvalue weighted by atomic mass is 32.2. The minimum atomic E-state index is -4.11. The molecule has 0 unspecified atom stereocenters. The molecular formula is C32H41N3O5S. The molecule has 3 aromatic carbocycles. The van der Waals surface area contributed by atoms with Crippen LogP contribution in [0.3, 0.4) is 0 Å². The van der Waals surface area contributed by atoms with Gasteiger partial charge in [0.25, 0.3) is 10.0 Å². The molecule has 0 saturated carbocycles. The van der Waals surface area contributed by atoms with Crippen molar-refractivity contribution in [3.63, 3.8) is 0 Å². The standard InChI is InChI=1S/C32H41N3O5S/c1-7-20-33-32(37)25(5)34(21-26-10-16-29(40-6)17-11-26)31(36)22-35(28-14-12-27(13-15-28)23(2)3)41(38,39)30-18-8-24(4)9-19-30/h8-19,23,25H,7,20-22H2,1-6H3,(H,33,37)/t25-/m0/s1. The molecule has 8 nitrogen and oxygen atoms in total. The minimum Gasteiger partial charge on any atom is -0.497 e. The first-order chi connectivity index (χ1) is 19.5. The molecule has 1 N–H and O–H groups in total. The summed E-state index contributed by atoms with van der Waals surface area (Å²) in [5.41, 5.74) is 3.12. The zero-order valence-corrected chi connectivity index (χ0v) is 25.6. The average molecular weight is 580 g/mol. The predicted molar refractivity (Wildman–Crippen MR) is 163 cm³/mol. The molecule has 1 atom stereocenters. The molecule has 220 valence electrons. The molecule has 0 saturated heterocycles. The van der Waals surface area contributed by atoms with E-state index < -0.39 is 28.5 Å². The van der Waals surface area contributed by atoms with E-state index >= 15 is 0 Å². The van der Waals surface area contributed by atoms with E-state index in [0.717, 1.165) is 27.4 Å². The second-order valence-electron chi connectivity index (χ2n) is 10.4. The Kier molecular flexibility index (Phi) is 10.9. The highest BCUT2D eigenvalue weighted by Gasteiger charge is 2.32. The molecular weight excluding hydrogens is 538 g/mol. The van der Waals surface area contributed by atoms with Crippen LogP contribution in [0, 0.1) is 6.92 Å². The van der Waals surface area contributed by atoms with Gasteiger partial charge in [0, 0.05) is 13.1 Å². The van der Waals surface area contributed by atoms with E-state index in [0.29, 0.717) is 18.0 Å². The minimum absolute atomic E-state index is 0.0827. The van der Waals surface area contributed by atoms with E-state index in [1.54, 1.807) is 62.6 Å². The van der Waals surface area contributed by atoms with E-state index in [9.17, 15) is 18.0 Å².